The molecule has 1 aromatic rings. The van der Waals surface area contributed by atoms with E-state index in [1.807, 2.05) is 13.0 Å². The molecule has 25 heavy (non-hydrogen) atoms. The highest BCUT2D eigenvalue weighted by atomic mass is 127. The third-order valence-corrected chi connectivity index (χ3v) is 5.30. The van der Waals surface area contributed by atoms with E-state index < -0.39 is 0 Å². The van der Waals surface area contributed by atoms with Crippen molar-refractivity contribution in [1.82, 2.24) is 10.6 Å². The van der Waals surface area contributed by atoms with Crippen LogP contribution in [0.4, 0.5) is 0 Å². The molecular formula is C19H31BrIN3O. The summed E-state index contributed by atoms with van der Waals surface area (Å²) in [6.07, 6.45) is 3.65. The maximum Gasteiger partial charge on any atom is 0.191 e. The Balaban J connectivity index is 0.00000312. The average Bonchev–Trinajstić information content (AvgIpc) is 3.34. The molecule has 1 aliphatic carbocycles. The predicted octanol–water partition coefficient (Wildman–Crippen LogP) is 4.89. The van der Waals surface area contributed by atoms with Crippen LogP contribution in [0.5, 0.6) is 0 Å². The van der Waals surface area contributed by atoms with Crippen molar-refractivity contribution in [2.45, 2.75) is 46.1 Å². The quantitative estimate of drug-likeness (QED) is 0.210. The summed E-state index contributed by atoms with van der Waals surface area (Å²) in [5.74, 6) is 0.892. The maximum absolute atomic E-state index is 5.51. The summed E-state index contributed by atoms with van der Waals surface area (Å²) in [7, 11) is 0. The van der Waals surface area contributed by atoms with Crippen LogP contribution in [0.2, 0.25) is 0 Å². The molecule has 2 rings (SSSR count). The number of rotatable bonds is 9. The van der Waals surface area contributed by atoms with Crippen LogP contribution in [-0.2, 0) is 4.74 Å². The van der Waals surface area contributed by atoms with E-state index >= 15 is 0 Å². The molecule has 1 aromatic carbocycles. The van der Waals surface area contributed by atoms with E-state index in [4.69, 9.17) is 9.73 Å². The lowest BCUT2D eigenvalue weighted by Crippen LogP contribution is -2.39. The van der Waals surface area contributed by atoms with Crippen LogP contribution >= 0.6 is 39.9 Å². The molecule has 0 radical (unpaired) electrons. The minimum Gasteiger partial charge on any atom is -0.382 e. The second-order valence-corrected chi connectivity index (χ2v) is 7.38. The molecule has 6 heteroatoms. The Morgan fingerprint density at radius 1 is 1.32 bits per heavy atom. The molecule has 1 atom stereocenters. The molecule has 0 amide bonds. The van der Waals surface area contributed by atoms with Gasteiger partial charge < -0.3 is 15.4 Å². The number of hydrogen-bond donors (Lipinski definition) is 2. The SMILES string of the molecule is CCNC(=NCC1(CCOCC)CC1)NC(C)c1ccccc1Br.I. The molecule has 0 spiro atoms. The Morgan fingerprint density at radius 2 is 2.04 bits per heavy atom. The second kappa shape index (κ2) is 11.4. The lowest BCUT2D eigenvalue weighted by molar-refractivity contribution is 0.129. The summed E-state index contributed by atoms with van der Waals surface area (Å²) >= 11 is 3.63. The number of guanidine groups is 1. The van der Waals surface area contributed by atoms with E-state index in [1.165, 1.54) is 18.4 Å². The van der Waals surface area contributed by atoms with Gasteiger partial charge in [0.1, 0.15) is 0 Å². The van der Waals surface area contributed by atoms with Gasteiger partial charge in [0.05, 0.1) is 6.04 Å². The van der Waals surface area contributed by atoms with Gasteiger partial charge in [-0.2, -0.15) is 0 Å². The summed E-state index contributed by atoms with van der Waals surface area (Å²) in [4.78, 5) is 4.85. The molecule has 4 nitrogen and oxygen atoms in total. The van der Waals surface area contributed by atoms with E-state index in [0.29, 0.717) is 5.41 Å². The minimum absolute atomic E-state index is 0. The lowest BCUT2D eigenvalue weighted by Gasteiger charge is -2.20. The van der Waals surface area contributed by atoms with Gasteiger partial charge in [-0.15, -0.1) is 24.0 Å². The molecule has 1 saturated carbocycles. The van der Waals surface area contributed by atoms with E-state index in [-0.39, 0.29) is 30.0 Å². The number of aliphatic imine (C=N–C) groups is 1. The van der Waals surface area contributed by atoms with E-state index in [9.17, 15) is 0 Å². The van der Waals surface area contributed by atoms with Crippen LogP contribution in [0.15, 0.2) is 33.7 Å². The fourth-order valence-electron chi connectivity index (χ4n) is 2.77. The van der Waals surface area contributed by atoms with Gasteiger partial charge in [0.25, 0.3) is 0 Å². The van der Waals surface area contributed by atoms with Crippen molar-refractivity contribution in [1.29, 1.82) is 0 Å². The normalized spacial score (nSPS) is 16.7. The molecule has 0 aromatic heterocycles. The number of nitrogens with zero attached hydrogens (tertiary/aromatic N) is 1. The van der Waals surface area contributed by atoms with Crippen molar-refractivity contribution in [3.05, 3.63) is 34.3 Å². The molecule has 1 aliphatic rings. The van der Waals surface area contributed by atoms with Crippen molar-refractivity contribution in [2.24, 2.45) is 10.4 Å². The van der Waals surface area contributed by atoms with Gasteiger partial charge in [-0.05, 0) is 57.1 Å². The van der Waals surface area contributed by atoms with Gasteiger partial charge in [-0.3, -0.25) is 4.99 Å². The Bertz CT molecular complexity index is 549. The molecule has 1 fully saturated rings. The highest BCUT2D eigenvalue weighted by molar-refractivity contribution is 14.0. The van der Waals surface area contributed by atoms with Gasteiger partial charge >= 0.3 is 0 Å². The highest BCUT2D eigenvalue weighted by Crippen LogP contribution is 2.49. The number of hydrogen-bond acceptors (Lipinski definition) is 2. The topological polar surface area (TPSA) is 45.7 Å². The van der Waals surface area contributed by atoms with Crippen LogP contribution in [-0.4, -0.2) is 32.3 Å². The summed E-state index contributed by atoms with van der Waals surface area (Å²) in [6.45, 7) is 9.69. The van der Waals surface area contributed by atoms with Crippen molar-refractivity contribution >= 4 is 45.9 Å². The molecule has 0 bridgehead atoms. The average molecular weight is 524 g/mol. The maximum atomic E-state index is 5.51. The lowest BCUT2D eigenvalue weighted by atomic mass is 10.0. The van der Waals surface area contributed by atoms with Gasteiger partial charge in [-0.1, -0.05) is 34.1 Å². The zero-order valence-electron chi connectivity index (χ0n) is 15.5. The fourth-order valence-corrected chi connectivity index (χ4v) is 3.40. The molecule has 1 unspecified atom stereocenters. The second-order valence-electron chi connectivity index (χ2n) is 6.53. The number of halogens is 2. The van der Waals surface area contributed by atoms with Crippen LogP contribution < -0.4 is 10.6 Å². The molecule has 0 heterocycles. The Kier molecular flexibility index (Phi) is 10.3. The van der Waals surface area contributed by atoms with Crippen LogP contribution in [0.1, 0.15) is 51.6 Å². The first-order chi connectivity index (χ1) is 11.6. The standard InChI is InChI=1S/C19H30BrN3O.HI/c1-4-21-18(22-14-19(10-11-19)12-13-24-5-2)23-15(3)16-8-6-7-9-17(16)20;/h6-9,15H,4-5,10-14H2,1-3H3,(H2,21,22,23);1H. The molecule has 142 valence electrons. The predicted molar refractivity (Wildman–Crippen MR) is 120 cm³/mol. The monoisotopic (exact) mass is 523 g/mol. The van der Waals surface area contributed by atoms with Crippen molar-refractivity contribution in [3.8, 4) is 0 Å². The Hall–Kier alpha value is -0.340. The number of benzene rings is 1. The molecule has 0 aliphatic heterocycles. The third-order valence-electron chi connectivity index (χ3n) is 4.58. The van der Waals surface area contributed by atoms with Gasteiger partial charge in [0.2, 0.25) is 0 Å². The summed E-state index contributed by atoms with van der Waals surface area (Å²) in [6, 6.07) is 8.50. The Labute approximate surface area is 177 Å². The van der Waals surface area contributed by atoms with Crippen LogP contribution in [0.25, 0.3) is 0 Å². The van der Waals surface area contributed by atoms with Gasteiger partial charge in [0.15, 0.2) is 5.96 Å². The van der Waals surface area contributed by atoms with Crippen molar-refractivity contribution in [3.63, 3.8) is 0 Å². The first-order valence-corrected chi connectivity index (χ1v) is 9.76. The molecule has 2 N–H and O–H groups in total. The van der Waals surface area contributed by atoms with E-state index in [0.717, 1.165) is 43.2 Å². The smallest absolute Gasteiger partial charge is 0.191 e. The zero-order valence-corrected chi connectivity index (χ0v) is 19.4. The van der Waals surface area contributed by atoms with Crippen molar-refractivity contribution in [2.75, 3.05) is 26.3 Å². The minimum atomic E-state index is 0. The summed E-state index contributed by atoms with van der Waals surface area (Å²) in [5.41, 5.74) is 1.61. The molecular weight excluding hydrogens is 493 g/mol. The Morgan fingerprint density at radius 3 is 2.64 bits per heavy atom. The molecule has 0 saturated heterocycles. The number of nitrogens with one attached hydrogen (secondary N) is 2. The van der Waals surface area contributed by atoms with Gasteiger partial charge in [0, 0.05) is 30.8 Å². The highest BCUT2D eigenvalue weighted by Gasteiger charge is 2.41. The largest absolute Gasteiger partial charge is 0.382 e. The van der Waals surface area contributed by atoms with E-state index in [2.05, 4.69) is 58.6 Å². The van der Waals surface area contributed by atoms with Crippen LogP contribution in [0.3, 0.4) is 0 Å². The first kappa shape index (κ1) is 22.7. The first-order valence-electron chi connectivity index (χ1n) is 8.97. The third kappa shape index (κ3) is 7.43. The summed E-state index contributed by atoms with van der Waals surface area (Å²) in [5, 5.41) is 6.88. The summed E-state index contributed by atoms with van der Waals surface area (Å²) < 4.78 is 6.64. The fraction of sp³-hybridized carbons (Fsp3) is 0.632. The van der Waals surface area contributed by atoms with Crippen LogP contribution in [0, 0.1) is 5.41 Å². The zero-order chi connectivity index (χ0) is 17.4. The van der Waals surface area contributed by atoms with Gasteiger partial charge in [-0.25, -0.2) is 0 Å². The van der Waals surface area contributed by atoms with Crippen molar-refractivity contribution < 1.29 is 4.74 Å². The van der Waals surface area contributed by atoms with E-state index in [1.54, 1.807) is 0 Å². The number of ether oxygens (including phenoxy) is 1.